The van der Waals surface area contributed by atoms with Crippen molar-refractivity contribution in [3.8, 4) is 11.4 Å². The Kier molecular flexibility index (Phi) is 9.12. The molecule has 0 bridgehead atoms. The molecule has 0 aliphatic heterocycles. The summed E-state index contributed by atoms with van der Waals surface area (Å²) in [7, 11) is 0. The van der Waals surface area contributed by atoms with Crippen molar-refractivity contribution in [3.05, 3.63) is 136 Å². The Labute approximate surface area is 247 Å². The summed E-state index contributed by atoms with van der Waals surface area (Å²) in [6, 6.07) is 34.4. The average molecular weight is 560 g/mol. The lowest BCUT2D eigenvalue weighted by Crippen LogP contribution is -2.41. The number of ether oxygens (including phenoxy) is 1. The first-order valence-electron chi connectivity index (χ1n) is 14.7. The molecule has 5 aromatic rings. The molecule has 6 heteroatoms. The van der Waals surface area contributed by atoms with Crippen LogP contribution in [0.1, 0.15) is 56.1 Å². The quantitative estimate of drug-likeness (QED) is 0.173. The van der Waals surface area contributed by atoms with Gasteiger partial charge < -0.3 is 9.64 Å². The SMILES string of the molecule is CCOc1ccc(-n2c(C(C)N(CCc3ccccc3)C(=O)C(CC)c3ccccc3)nc3ccccc3c2=O)cc1. The Balaban J connectivity index is 1.63. The third-order valence-electron chi connectivity index (χ3n) is 7.72. The van der Waals surface area contributed by atoms with Crippen molar-refractivity contribution in [3.63, 3.8) is 0 Å². The van der Waals surface area contributed by atoms with E-state index in [0.717, 1.165) is 16.9 Å². The summed E-state index contributed by atoms with van der Waals surface area (Å²) in [5.74, 6) is 0.960. The molecule has 6 nitrogen and oxygen atoms in total. The number of carbonyl (C=O) groups excluding carboxylic acids is 1. The zero-order valence-corrected chi connectivity index (χ0v) is 24.4. The highest BCUT2D eigenvalue weighted by Gasteiger charge is 2.31. The number of hydrogen-bond donors (Lipinski definition) is 0. The predicted octanol–water partition coefficient (Wildman–Crippen LogP) is 7.11. The molecule has 0 spiro atoms. The van der Waals surface area contributed by atoms with Crippen LogP contribution in [0.2, 0.25) is 0 Å². The van der Waals surface area contributed by atoms with Gasteiger partial charge in [0.25, 0.3) is 5.56 Å². The first-order valence-corrected chi connectivity index (χ1v) is 14.7. The van der Waals surface area contributed by atoms with Gasteiger partial charge in [-0.1, -0.05) is 79.7 Å². The summed E-state index contributed by atoms with van der Waals surface area (Å²) in [6.45, 7) is 6.99. The first kappa shape index (κ1) is 28.8. The van der Waals surface area contributed by atoms with Crippen molar-refractivity contribution in [1.29, 1.82) is 0 Å². The van der Waals surface area contributed by atoms with Crippen molar-refractivity contribution in [2.75, 3.05) is 13.2 Å². The molecule has 0 fully saturated rings. The number of fused-ring (bicyclic) bond motifs is 1. The van der Waals surface area contributed by atoms with E-state index in [1.807, 2.05) is 117 Å². The fourth-order valence-electron chi connectivity index (χ4n) is 5.50. The number of amides is 1. The van der Waals surface area contributed by atoms with E-state index in [-0.39, 0.29) is 17.4 Å². The fraction of sp³-hybridized carbons (Fsp3) is 0.250. The number of rotatable bonds is 11. The Morgan fingerprint density at radius 3 is 2.17 bits per heavy atom. The number of carbonyl (C=O) groups is 1. The third kappa shape index (κ3) is 6.13. The zero-order chi connectivity index (χ0) is 29.5. The van der Waals surface area contributed by atoms with Crippen LogP contribution in [0.3, 0.4) is 0 Å². The molecule has 1 aromatic heterocycles. The molecule has 5 rings (SSSR count). The van der Waals surface area contributed by atoms with Crippen LogP contribution in [0.5, 0.6) is 5.75 Å². The van der Waals surface area contributed by atoms with E-state index in [9.17, 15) is 9.59 Å². The summed E-state index contributed by atoms with van der Waals surface area (Å²) in [4.78, 5) is 35.4. The molecule has 0 radical (unpaired) electrons. The maximum Gasteiger partial charge on any atom is 0.266 e. The smallest absolute Gasteiger partial charge is 0.266 e. The van der Waals surface area contributed by atoms with Crippen LogP contribution in [-0.4, -0.2) is 33.5 Å². The van der Waals surface area contributed by atoms with E-state index in [1.54, 1.807) is 10.6 Å². The second-order valence-electron chi connectivity index (χ2n) is 10.4. The summed E-state index contributed by atoms with van der Waals surface area (Å²) >= 11 is 0. The molecule has 0 aliphatic rings. The Morgan fingerprint density at radius 1 is 0.857 bits per heavy atom. The maximum atomic E-state index is 14.4. The summed E-state index contributed by atoms with van der Waals surface area (Å²) in [6.07, 6.45) is 1.34. The van der Waals surface area contributed by atoms with Crippen molar-refractivity contribution >= 4 is 16.8 Å². The van der Waals surface area contributed by atoms with E-state index in [4.69, 9.17) is 9.72 Å². The zero-order valence-electron chi connectivity index (χ0n) is 24.4. The van der Waals surface area contributed by atoms with Gasteiger partial charge in [-0.05, 0) is 74.2 Å². The number of nitrogens with zero attached hydrogens (tertiary/aromatic N) is 3. The molecule has 0 aliphatic carbocycles. The molecular formula is C36H37N3O3. The van der Waals surface area contributed by atoms with Gasteiger partial charge in [-0.3, -0.25) is 14.2 Å². The molecule has 2 atom stereocenters. The molecule has 42 heavy (non-hydrogen) atoms. The molecular weight excluding hydrogens is 522 g/mol. The van der Waals surface area contributed by atoms with E-state index in [0.29, 0.717) is 48.4 Å². The van der Waals surface area contributed by atoms with Crippen LogP contribution in [0.4, 0.5) is 0 Å². The first-order chi connectivity index (χ1) is 20.5. The largest absolute Gasteiger partial charge is 0.494 e. The Morgan fingerprint density at radius 2 is 1.50 bits per heavy atom. The average Bonchev–Trinajstić information content (AvgIpc) is 3.03. The van der Waals surface area contributed by atoms with Gasteiger partial charge in [0, 0.05) is 6.54 Å². The van der Waals surface area contributed by atoms with Gasteiger partial charge >= 0.3 is 0 Å². The second kappa shape index (κ2) is 13.3. The molecule has 4 aromatic carbocycles. The lowest BCUT2D eigenvalue weighted by molar-refractivity contribution is -0.135. The maximum absolute atomic E-state index is 14.4. The highest BCUT2D eigenvalue weighted by Crippen LogP contribution is 2.29. The third-order valence-corrected chi connectivity index (χ3v) is 7.72. The molecule has 1 heterocycles. The van der Waals surface area contributed by atoms with Crippen LogP contribution >= 0.6 is 0 Å². The Hall–Kier alpha value is -4.71. The molecule has 214 valence electrons. The topological polar surface area (TPSA) is 64.4 Å². The van der Waals surface area contributed by atoms with Crippen LogP contribution in [0, 0.1) is 0 Å². The number of benzene rings is 4. The standard InChI is InChI=1S/C36H37N3O3/c1-4-31(28-16-10-7-11-17-28)35(40)38(25-24-27-14-8-6-9-15-27)26(3)34-37-33-19-13-12-18-32(33)36(41)39(34)29-20-22-30(23-21-29)42-5-2/h6-23,26,31H,4-5,24-25H2,1-3H3. The highest BCUT2D eigenvalue weighted by atomic mass is 16.5. The van der Waals surface area contributed by atoms with E-state index in [2.05, 4.69) is 12.1 Å². The Bertz CT molecular complexity index is 1680. The number of aromatic nitrogens is 2. The van der Waals surface area contributed by atoms with Crippen LogP contribution in [0.15, 0.2) is 114 Å². The fourth-order valence-corrected chi connectivity index (χ4v) is 5.50. The van der Waals surface area contributed by atoms with Crippen molar-refractivity contribution < 1.29 is 9.53 Å². The van der Waals surface area contributed by atoms with Crippen molar-refractivity contribution in [2.45, 2.75) is 45.6 Å². The number of hydrogen-bond acceptors (Lipinski definition) is 4. The molecule has 2 unspecified atom stereocenters. The van der Waals surface area contributed by atoms with Crippen molar-refractivity contribution in [1.82, 2.24) is 14.5 Å². The lowest BCUT2D eigenvalue weighted by atomic mass is 9.94. The van der Waals surface area contributed by atoms with Gasteiger partial charge in [-0.2, -0.15) is 0 Å². The minimum atomic E-state index is -0.483. The van der Waals surface area contributed by atoms with Gasteiger partial charge in [-0.15, -0.1) is 0 Å². The van der Waals surface area contributed by atoms with E-state index < -0.39 is 6.04 Å². The minimum absolute atomic E-state index is 0.0211. The van der Waals surface area contributed by atoms with Crippen LogP contribution in [-0.2, 0) is 11.2 Å². The molecule has 0 N–H and O–H groups in total. The van der Waals surface area contributed by atoms with E-state index >= 15 is 0 Å². The normalized spacial score (nSPS) is 12.5. The van der Waals surface area contributed by atoms with E-state index in [1.165, 1.54) is 0 Å². The predicted molar refractivity (Wildman–Crippen MR) is 168 cm³/mol. The van der Waals surface area contributed by atoms with Gasteiger partial charge in [0.15, 0.2) is 0 Å². The van der Waals surface area contributed by atoms with Gasteiger partial charge in [0.05, 0.1) is 35.2 Å². The summed E-state index contributed by atoms with van der Waals surface area (Å²) in [5.41, 5.74) is 3.24. The molecule has 0 saturated carbocycles. The van der Waals surface area contributed by atoms with Crippen molar-refractivity contribution in [2.24, 2.45) is 0 Å². The van der Waals surface area contributed by atoms with Gasteiger partial charge in [0.1, 0.15) is 11.6 Å². The summed E-state index contributed by atoms with van der Waals surface area (Å²) < 4.78 is 7.29. The van der Waals surface area contributed by atoms with Crippen LogP contribution in [0.25, 0.3) is 16.6 Å². The van der Waals surface area contributed by atoms with Gasteiger partial charge in [0.2, 0.25) is 5.91 Å². The minimum Gasteiger partial charge on any atom is -0.494 e. The lowest BCUT2D eigenvalue weighted by Gasteiger charge is -2.33. The molecule has 0 saturated heterocycles. The second-order valence-corrected chi connectivity index (χ2v) is 10.4. The van der Waals surface area contributed by atoms with Gasteiger partial charge in [-0.25, -0.2) is 4.98 Å². The molecule has 1 amide bonds. The number of para-hydroxylation sites is 1. The highest BCUT2D eigenvalue weighted by molar-refractivity contribution is 5.84. The van der Waals surface area contributed by atoms with Crippen LogP contribution < -0.4 is 10.3 Å². The monoisotopic (exact) mass is 559 g/mol. The summed E-state index contributed by atoms with van der Waals surface area (Å²) in [5, 5.41) is 0.528.